The zero-order valence-electron chi connectivity index (χ0n) is 28.9. The van der Waals surface area contributed by atoms with Crippen molar-refractivity contribution in [2.75, 3.05) is 12.9 Å². The van der Waals surface area contributed by atoms with Crippen LogP contribution >= 0.6 is 23.5 Å². The minimum Gasteiger partial charge on any atom is -0.497 e. The van der Waals surface area contributed by atoms with Gasteiger partial charge in [-0.15, -0.1) is 11.8 Å². The largest absolute Gasteiger partial charge is 0.497 e. The Morgan fingerprint density at radius 2 is 1.67 bits per heavy atom. The molecular weight excluding hydrogens is 597 g/mol. The fourth-order valence-corrected chi connectivity index (χ4v) is 6.20. The van der Waals surface area contributed by atoms with Gasteiger partial charge in [0.1, 0.15) is 5.75 Å². The molecular formula is C38H58N2O3S2. The van der Waals surface area contributed by atoms with Gasteiger partial charge in [0.15, 0.2) is 0 Å². The normalized spacial score (nSPS) is 18.6. The van der Waals surface area contributed by atoms with Crippen LogP contribution in [0.1, 0.15) is 92.1 Å². The molecule has 1 saturated carbocycles. The third-order valence-electron chi connectivity index (χ3n) is 6.20. The Morgan fingerprint density at radius 1 is 1.07 bits per heavy atom. The molecule has 1 amide bonds. The Kier molecular flexibility index (Phi) is 30.1. The summed E-state index contributed by atoms with van der Waals surface area (Å²) in [4.78, 5) is 8.58. The van der Waals surface area contributed by atoms with Crippen LogP contribution in [0.4, 0.5) is 0 Å². The Morgan fingerprint density at radius 3 is 2.20 bits per heavy atom. The lowest BCUT2D eigenvalue weighted by molar-refractivity contribution is -0.106. The smallest absolute Gasteiger partial charge is 0.204 e. The van der Waals surface area contributed by atoms with Crippen LogP contribution < -0.4 is 10.5 Å². The van der Waals surface area contributed by atoms with Crippen LogP contribution in [0.2, 0.25) is 0 Å². The van der Waals surface area contributed by atoms with Crippen molar-refractivity contribution in [3.05, 3.63) is 112 Å². The van der Waals surface area contributed by atoms with E-state index in [2.05, 4.69) is 65.4 Å². The summed E-state index contributed by atoms with van der Waals surface area (Å²) in [6.07, 6.45) is 24.8. The van der Waals surface area contributed by atoms with E-state index in [9.17, 15) is 5.21 Å². The molecule has 4 rings (SSSR count). The van der Waals surface area contributed by atoms with Gasteiger partial charge in [-0.05, 0) is 73.6 Å². The van der Waals surface area contributed by atoms with E-state index < -0.39 is 0 Å². The fraction of sp³-hybridized carbons (Fsp3) is 0.421. The molecule has 2 aliphatic carbocycles. The topological polar surface area (TPSA) is 84.9 Å². The molecule has 1 heterocycles. The van der Waals surface area contributed by atoms with Crippen LogP contribution in [0.25, 0.3) is 0 Å². The summed E-state index contributed by atoms with van der Waals surface area (Å²) in [7, 11) is 1.68. The van der Waals surface area contributed by atoms with Crippen LogP contribution in [0.15, 0.2) is 111 Å². The lowest BCUT2D eigenvalue weighted by Crippen LogP contribution is -2.26. The van der Waals surface area contributed by atoms with Gasteiger partial charge in [0.2, 0.25) is 6.41 Å². The first kappa shape index (κ1) is 44.0. The molecule has 0 aromatic heterocycles. The molecule has 0 saturated heterocycles. The summed E-state index contributed by atoms with van der Waals surface area (Å²) in [5.41, 5.74) is 8.67. The number of hydrogen-bond acceptors (Lipinski definition) is 6. The molecule has 45 heavy (non-hydrogen) atoms. The molecule has 1 aromatic rings. The van der Waals surface area contributed by atoms with Gasteiger partial charge < -0.3 is 15.7 Å². The number of nitrogens with zero attached hydrogens (tertiary/aromatic N) is 1. The maximum atomic E-state index is 9.67. The van der Waals surface area contributed by atoms with E-state index in [0.717, 1.165) is 35.6 Å². The number of thioether (sulfide) groups is 2. The monoisotopic (exact) mass is 654 g/mol. The molecule has 0 spiro atoms. The van der Waals surface area contributed by atoms with E-state index in [-0.39, 0.29) is 12.3 Å². The quantitative estimate of drug-likeness (QED) is 0.132. The summed E-state index contributed by atoms with van der Waals surface area (Å²) >= 11 is 3.55. The second-order valence-corrected chi connectivity index (χ2v) is 11.2. The van der Waals surface area contributed by atoms with E-state index in [0.29, 0.717) is 5.92 Å². The number of carbonyl (C=O) groups is 1. The number of oxime groups is 1. The molecule has 250 valence electrons. The summed E-state index contributed by atoms with van der Waals surface area (Å²) in [6.45, 7) is 18.1. The number of methoxy groups -OCH3 is 1. The van der Waals surface area contributed by atoms with Crippen LogP contribution in [-0.4, -0.2) is 30.2 Å². The summed E-state index contributed by atoms with van der Waals surface area (Å²) < 4.78 is 6.50. The zero-order chi connectivity index (χ0) is 34.3. The number of rotatable bonds is 7. The Bertz CT molecular complexity index is 1110. The second-order valence-electron chi connectivity index (χ2n) is 9.00. The molecule has 3 aliphatic rings. The molecule has 0 radical (unpaired) electrons. The predicted molar refractivity (Wildman–Crippen MR) is 203 cm³/mol. The highest BCUT2D eigenvalue weighted by Gasteiger charge is 2.33. The third-order valence-corrected chi connectivity index (χ3v) is 8.57. The molecule has 3 N–H and O–H groups in total. The number of amides is 1. The number of primary amides is 1. The van der Waals surface area contributed by atoms with Crippen LogP contribution in [-0.2, 0) is 4.79 Å². The summed E-state index contributed by atoms with van der Waals surface area (Å²) in [6, 6.07) is 8.21. The molecule has 1 unspecified atom stereocenters. The van der Waals surface area contributed by atoms with Crippen LogP contribution in [0.3, 0.4) is 0 Å². The number of allylic oxidation sites excluding steroid dienone is 10. The number of fused-ring (bicyclic) bond motifs is 1. The van der Waals surface area contributed by atoms with Crippen molar-refractivity contribution in [2.24, 2.45) is 16.8 Å². The molecule has 7 heteroatoms. The van der Waals surface area contributed by atoms with Crippen molar-refractivity contribution in [1.29, 1.82) is 0 Å². The van der Waals surface area contributed by atoms with E-state index in [1.165, 1.54) is 34.6 Å². The maximum Gasteiger partial charge on any atom is 0.204 e. The number of hydrogen-bond donors (Lipinski definition) is 2. The summed E-state index contributed by atoms with van der Waals surface area (Å²) in [5.74, 6) is 2.14. The van der Waals surface area contributed by atoms with E-state index in [1.54, 1.807) is 30.6 Å². The highest BCUT2D eigenvalue weighted by Crippen LogP contribution is 2.46. The number of nitrogens with two attached hydrogens (primary N) is 1. The van der Waals surface area contributed by atoms with Gasteiger partial charge in [0, 0.05) is 15.9 Å². The maximum absolute atomic E-state index is 9.67. The first-order chi connectivity index (χ1) is 22.1. The van der Waals surface area contributed by atoms with Gasteiger partial charge in [0.05, 0.1) is 12.8 Å². The van der Waals surface area contributed by atoms with Crippen molar-refractivity contribution < 1.29 is 14.7 Å². The molecule has 2 atom stereocenters. The van der Waals surface area contributed by atoms with E-state index in [1.807, 2.05) is 84.9 Å². The van der Waals surface area contributed by atoms with Crippen molar-refractivity contribution in [3.63, 3.8) is 0 Å². The standard InChI is InChI=1S/C24H27NO2S2.C7H10.3C2H6.CH3NO/c1-4-5-6-7-17(2)15-28-24-14-22-20(16-29-24)12-19(13-23(22)25-26)18-8-10-21(27-3)11-9-18;1-2-4-6-7-5-3-1;3*1-2;2-1-3/h4-11,14,16,19,22,26H,2,12-13,15H2,1,3H3;1-4H,5-7H2;3*1-2H3;1H,(H2,2,3)/b5-4-,7-6-,25-23+;;;;;/t19-,22?;;;;;/m0...../s1. The lowest BCUT2D eigenvalue weighted by atomic mass is 9.74. The predicted octanol–water partition coefficient (Wildman–Crippen LogP) is 11.4. The van der Waals surface area contributed by atoms with Crippen molar-refractivity contribution in [2.45, 2.75) is 86.5 Å². The van der Waals surface area contributed by atoms with Gasteiger partial charge >= 0.3 is 0 Å². The number of carbonyl (C=O) groups excluding carboxylic acids is 1. The van der Waals surface area contributed by atoms with Crippen molar-refractivity contribution in [3.8, 4) is 5.75 Å². The van der Waals surface area contributed by atoms with Crippen LogP contribution in [0.5, 0.6) is 5.75 Å². The van der Waals surface area contributed by atoms with Gasteiger partial charge in [0.25, 0.3) is 0 Å². The summed E-state index contributed by atoms with van der Waals surface area (Å²) in [5, 5.41) is 15.6. The number of ether oxygens (including phenoxy) is 1. The minimum absolute atomic E-state index is 0.102. The van der Waals surface area contributed by atoms with Gasteiger partial charge in [-0.3, -0.25) is 4.79 Å². The Hall–Kier alpha value is -3.16. The van der Waals surface area contributed by atoms with E-state index >= 15 is 0 Å². The highest BCUT2D eigenvalue weighted by molar-refractivity contribution is 8.23. The third kappa shape index (κ3) is 19.1. The van der Waals surface area contributed by atoms with Gasteiger partial charge in [-0.25, -0.2) is 0 Å². The minimum atomic E-state index is 0.102. The van der Waals surface area contributed by atoms with Crippen molar-refractivity contribution >= 4 is 35.6 Å². The molecule has 1 fully saturated rings. The number of benzene rings is 1. The zero-order valence-corrected chi connectivity index (χ0v) is 30.5. The molecule has 0 bridgehead atoms. The Labute approximate surface area is 283 Å². The molecule has 1 aliphatic heterocycles. The van der Waals surface area contributed by atoms with Gasteiger partial charge in [-0.1, -0.05) is 137 Å². The SMILES string of the molecule is C1=CCCCC=C1.C=C(/C=C\C=C/C)CSC1=CC2C(=CS1)C[C@H](c1ccc(OC)cc1)C/C2=N\O.CC.CC.CC.NC=O. The first-order valence-electron chi connectivity index (χ1n) is 16.0. The first-order valence-corrected chi connectivity index (χ1v) is 17.9. The average Bonchev–Trinajstić information content (AvgIpc) is 3.44. The highest BCUT2D eigenvalue weighted by atomic mass is 32.2. The van der Waals surface area contributed by atoms with Crippen LogP contribution in [0, 0.1) is 5.92 Å². The second kappa shape index (κ2) is 30.8. The van der Waals surface area contributed by atoms with Crippen molar-refractivity contribution in [1.82, 2.24) is 0 Å². The molecule has 1 aromatic carbocycles. The average molecular weight is 655 g/mol. The van der Waals surface area contributed by atoms with Gasteiger partial charge in [-0.2, -0.15) is 0 Å². The lowest BCUT2D eigenvalue weighted by Gasteiger charge is -2.33. The van der Waals surface area contributed by atoms with E-state index in [4.69, 9.17) is 9.53 Å². The molecule has 5 nitrogen and oxygen atoms in total. The fourth-order valence-electron chi connectivity index (χ4n) is 4.23. The Balaban J connectivity index is 0.